The Labute approximate surface area is 217 Å². The monoisotopic (exact) mass is 518 g/mol. The highest BCUT2D eigenvalue weighted by Gasteiger charge is 2.15. The molecule has 174 valence electrons. The van der Waals surface area contributed by atoms with Gasteiger partial charge in [0, 0.05) is 36.9 Å². The molecule has 1 heterocycles. The molecule has 0 amide bonds. The molecular formula is C28H20Cl2N2O2S. The Bertz CT molecular complexity index is 1390. The van der Waals surface area contributed by atoms with Gasteiger partial charge >= 0.3 is 5.97 Å². The average Bonchev–Trinajstić information content (AvgIpc) is 3.25. The van der Waals surface area contributed by atoms with Crippen LogP contribution in [0.1, 0.15) is 16.0 Å². The SMILES string of the molecule is Cc1cc(Cl)cc(N(c2ccc(-c3ccc(C=C(C#N)C(=O)O)s3)cc2)c2cc(C)cc(Cl)c2)c1. The molecule has 0 radical (unpaired) electrons. The number of aliphatic carboxylic acids is 1. The molecule has 0 fully saturated rings. The van der Waals surface area contributed by atoms with Crippen molar-refractivity contribution < 1.29 is 9.90 Å². The topological polar surface area (TPSA) is 64.3 Å². The van der Waals surface area contributed by atoms with E-state index >= 15 is 0 Å². The number of hydrogen-bond donors (Lipinski definition) is 1. The number of nitrogens with zero attached hydrogens (tertiary/aromatic N) is 2. The van der Waals surface area contributed by atoms with Gasteiger partial charge in [0.15, 0.2) is 0 Å². The highest BCUT2D eigenvalue weighted by molar-refractivity contribution is 7.16. The summed E-state index contributed by atoms with van der Waals surface area (Å²) in [6.07, 6.45) is 1.38. The van der Waals surface area contributed by atoms with Gasteiger partial charge in [-0.2, -0.15) is 5.26 Å². The van der Waals surface area contributed by atoms with E-state index in [9.17, 15) is 4.79 Å². The van der Waals surface area contributed by atoms with Crippen LogP contribution in [0.15, 0.2) is 78.4 Å². The fraction of sp³-hybridized carbons (Fsp3) is 0.0714. The number of nitriles is 1. The molecule has 4 aromatic rings. The zero-order chi connectivity index (χ0) is 25.1. The van der Waals surface area contributed by atoms with Crippen LogP contribution in [0.3, 0.4) is 0 Å². The highest BCUT2D eigenvalue weighted by atomic mass is 35.5. The number of rotatable bonds is 6. The second-order valence-corrected chi connectivity index (χ2v) is 10.0. The number of benzene rings is 3. The largest absolute Gasteiger partial charge is 0.477 e. The van der Waals surface area contributed by atoms with E-state index in [-0.39, 0.29) is 5.57 Å². The second kappa shape index (κ2) is 10.4. The molecule has 0 saturated carbocycles. The average molecular weight is 519 g/mol. The molecule has 0 aliphatic rings. The van der Waals surface area contributed by atoms with Crippen LogP contribution in [0.4, 0.5) is 17.1 Å². The number of hydrogen-bond acceptors (Lipinski definition) is 4. The van der Waals surface area contributed by atoms with E-state index in [1.165, 1.54) is 17.4 Å². The molecule has 0 saturated heterocycles. The van der Waals surface area contributed by atoms with Crippen molar-refractivity contribution in [1.29, 1.82) is 5.26 Å². The molecule has 4 nitrogen and oxygen atoms in total. The molecule has 35 heavy (non-hydrogen) atoms. The number of anilines is 3. The minimum Gasteiger partial charge on any atom is -0.477 e. The van der Waals surface area contributed by atoms with Gasteiger partial charge in [0.05, 0.1) is 0 Å². The van der Waals surface area contributed by atoms with Crippen LogP contribution < -0.4 is 4.90 Å². The van der Waals surface area contributed by atoms with E-state index in [1.807, 2.05) is 74.5 Å². The van der Waals surface area contributed by atoms with E-state index in [2.05, 4.69) is 17.0 Å². The van der Waals surface area contributed by atoms with E-state index < -0.39 is 5.97 Å². The standard InChI is InChI=1S/C28H20Cl2N2O2S/c1-17-9-21(29)14-24(11-17)32(25-12-18(2)10-22(30)15-25)23-5-3-19(4-6-23)27-8-7-26(35-27)13-20(16-31)28(33)34/h3-15H,1-2H3,(H,33,34). The van der Waals surface area contributed by atoms with Crippen LogP contribution >= 0.6 is 34.5 Å². The van der Waals surface area contributed by atoms with Crippen molar-refractivity contribution in [1.82, 2.24) is 0 Å². The molecule has 0 aliphatic heterocycles. The van der Waals surface area contributed by atoms with Gasteiger partial charge < -0.3 is 10.0 Å². The zero-order valence-corrected chi connectivity index (χ0v) is 21.2. The van der Waals surface area contributed by atoms with Crippen LogP contribution in [0, 0.1) is 25.2 Å². The number of thiophene rings is 1. The smallest absolute Gasteiger partial charge is 0.346 e. The van der Waals surface area contributed by atoms with Gasteiger partial charge in [-0.25, -0.2) is 4.79 Å². The third-order valence-electron chi connectivity index (χ3n) is 5.24. The van der Waals surface area contributed by atoms with Crippen LogP contribution in [0.5, 0.6) is 0 Å². The molecule has 0 spiro atoms. The minimum absolute atomic E-state index is 0.293. The van der Waals surface area contributed by atoms with Crippen LogP contribution in [0.2, 0.25) is 10.0 Å². The summed E-state index contributed by atoms with van der Waals surface area (Å²) in [5.41, 5.74) is 5.56. The maximum Gasteiger partial charge on any atom is 0.346 e. The van der Waals surface area contributed by atoms with Crippen molar-refractivity contribution in [3.05, 3.63) is 104 Å². The molecule has 0 bridgehead atoms. The Morgan fingerprint density at radius 2 is 1.46 bits per heavy atom. The summed E-state index contributed by atoms with van der Waals surface area (Å²) in [5.74, 6) is -1.24. The summed E-state index contributed by atoms with van der Waals surface area (Å²) < 4.78 is 0. The van der Waals surface area contributed by atoms with E-state index in [1.54, 1.807) is 6.07 Å². The fourth-order valence-electron chi connectivity index (χ4n) is 3.78. The number of halogens is 2. The summed E-state index contributed by atoms with van der Waals surface area (Å²) in [6.45, 7) is 4.01. The first-order valence-electron chi connectivity index (χ1n) is 10.6. The molecule has 7 heteroatoms. The molecule has 0 atom stereocenters. The third kappa shape index (κ3) is 5.75. The molecule has 4 rings (SSSR count). The van der Waals surface area contributed by atoms with Gasteiger partial charge in [-0.05, 0) is 97.3 Å². The first kappa shape index (κ1) is 24.6. The van der Waals surface area contributed by atoms with Crippen molar-refractivity contribution in [3.8, 4) is 16.5 Å². The second-order valence-electron chi connectivity index (χ2n) is 8.03. The van der Waals surface area contributed by atoms with Crippen molar-refractivity contribution >= 4 is 63.6 Å². The first-order chi connectivity index (χ1) is 16.7. The summed E-state index contributed by atoms with van der Waals surface area (Å²) in [6, 6.07) is 25.3. The maximum atomic E-state index is 11.1. The van der Waals surface area contributed by atoms with Gasteiger partial charge in [0.25, 0.3) is 0 Å². The molecule has 1 N–H and O–H groups in total. The molecule has 0 unspecified atom stereocenters. The quantitative estimate of drug-likeness (QED) is 0.204. The summed E-state index contributed by atoms with van der Waals surface area (Å²) in [7, 11) is 0. The Hall–Kier alpha value is -3.56. The van der Waals surface area contributed by atoms with E-state index in [0.29, 0.717) is 14.9 Å². The van der Waals surface area contributed by atoms with Gasteiger partial charge in [0.1, 0.15) is 11.6 Å². The fourth-order valence-corrected chi connectivity index (χ4v) is 5.31. The van der Waals surface area contributed by atoms with Crippen molar-refractivity contribution in [2.75, 3.05) is 4.90 Å². The molecule has 3 aromatic carbocycles. The Morgan fingerprint density at radius 1 is 0.886 bits per heavy atom. The number of carboxylic acids is 1. The molecule has 0 aliphatic carbocycles. The predicted octanol–water partition coefficient (Wildman–Crippen LogP) is 8.80. The van der Waals surface area contributed by atoms with Crippen LogP contribution in [-0.2, 0) is 4.79 Å². The number of carboxylic acid groups (broad SMARTS) is 1. The Balaban J connectivity index is 1.74. The third-order valence-corrected chi connectivity index (χ3v) is 6.76. The lowest BCUT2D eigenvalue weighted by Crippen LogP contribution is -2.10. The van der Waals surface area contributed by atoms with Crippen LogP contribution in [-0.4, -0.2) is 11.1 Å². The zero-order valence-electron chi connectivity index (χ0n) is 18.9. The van der Waals surface area contributed by atoms with Gasteiger partial charge in [-0.3, -0.25) is 0 Å². The van der Waals surface area contributed by atoms with Gasteiger partial charge in [0.2, 0.25) is 0 Å². The summed E-state index contributed by atoms with van der Waals surface area (Å²) in [4.78, 5) is 14.9. The number of carbonyl (C=O) groups is 1. The highest BCUT2D eigenvalue weighted by Crippen LogP contribution is 2.39. The minimum atomic E-state index is -1.24. The normalized spacial score (nSPS) is 11.2. The van der Waals surface area contributed by atoms with E-state index in [4.69, 9.17) is 33.6 Å². The van der Waals surface area contributed by atoms with Gasteiger partial charge in [-0.1, -0.05) is 35.3 Å². The Morgan fingerprint density at radius 3 is 1.94 bits per heavy atom. The Kier molecular flexibility index (Phi) is 7.28. The lowest BCUT2D eigenvalue weighted by atomic mass is 10.1. The summed E-state index contributed by atoms with van der Waals surface area (Å²) >= 11 is 14.2. The maximum absolute atomic E-state index is 11.1. The predicted molar refractivity (Wildman–Crippen MR) is 145 cm³/mol. The van der Waals surface area contributed by atoms with Crippen molar-refractivity contribution in [2.24, 2.45) is 0 Å². The van der Waals surface area contributed by atoms with Crippen molar-refractivity contribution in [3.63, 3.8) is 0 Å². The van der Waals surface area contributed by atoms with E-state index in [0.717, 1.165) is 38.6 Å². The summed E-state index contributed by atoms with van der Waals surface area (Å²) in [5, 5.41) is 19.4. The van der Waals surface area contributed by atoms with Crippen molar-refractivity contribution in [2.45, 2.75) is 13.8 Å². The molecule has 1 aromatic heterocycles. The van der Waals surface area contributed by atoms with Gasteiger partial charge in [-0.15, -0.1) is 11.3 Å². The molecular weight excluding hydrogens is 499 g/mol. The number of aryl methyl sites for hydroxylation is 2. The van der Waals surface area contributed by atoms with Crippen LogP contribution in [0.25, 0.3) is 16.5 Å². The first-order valence-corrected chi connectivity index (χ1v) is 12.2. The lowest BCUT2D eigenvalue weighted by Gasteiger charge is -2.26. The lowest BCUT2D eigenvalue weighted by molar-refractivity contribution is -0.132.